The van der Waals surface area contributed by atoms with Gasteiger partial charge >= 0.3 is 0 Å². The number of aliphatic hydroxyl groups excluding tert-OH is 1. The van der Waals surface area contributed by atoms with Gasteiger partial charge in [-0.3, -0.25) is 0 Å². The van der Waals surface area contributed by atoms with Crippen molar-refractivity contribution in [2.24, 2.45) is 5.92 Å². The van der Waals surface area contributed by atoms with Gasteiger partial charge in [-0.05, 0) is 37.8 Å². The van der Waals surface area contributed by atoms with Crippen LogP contribution in [0.4, 0.5) is 10.1 Å². The van der Waals surface area contributed by atoms with Crippen molar-refractivity contribution in [3.8, 4) is 12.3 Å². The summed E-state index contributed by atoms with van der Waals surface area (Å²) in [4.78, 5) is 1.99. The van der Waals surface area contributed by atoms with Crippen LogP contribution in [0.1, 0.15) is 31.4 Å². The van der Waals surface area contributed by atoms with Crippen LogP contribution < -0.4 is 4.90 Å². The molecule has 96 valence electrons. The number of nitrogens with zero attached hydrogens (tertiary/aromatic N) is 1. The molecule has 1 N–H and O–H groups in total. The van der Waals surface area contributed by atoms with E-state index < -0.39 is 6.10 Å². The molecule has 0 heterocycles. The van der Waals surface area contributed by atoms with Crippen molar-refractivity contribution in [3.05, 3.63) is 29.6 Å². The van der Waals surface area contributed by atoms with Crippen LogP contribution in [-0.2, 0) is 0 Å². The van der Waals surface area contributed by atoms with E-state index in [1.54, 1.807) is 13.0 Å². The van der Waals surface area contributed by atoms with Gasteiger partial charge in [-0.1, -0.05) is 12.0 Å². The SMILES string of the molecule is C#CCN(CC1CC1)c1cccc(F)c1[C@@H](C)O. The normalized spacial score (nSPS) is 16.1. The van der Waals surface area contributed by atoms with Crippen molar-refractivity contribution in [3.63, 3.8) is 0 Å². The number of anilines is 1. The first-order valence-electron chi connectivity index (χ1n) is 6.28. The van der Waals surface area contributed by atoms with Crippen molar-refractivity contribution in [1.82, 2.24) is 0 Å². The Hall–Kier alpha value is -1.53. The van der Waals surface area contributed by atoms with Gasteiger partial charge in [0.15, 0.2) is 0 Å². The minimum absolute atomic E-state index is 0.341. The van der Waals surface area contributed by atoms with Crippen molar-refractivity contribution in [2.45, 2.75) is 25.9 Å². The average Bonchev–Trinajstić information content (AvgIpc) is 3.11. The molecule has 1 fully saturated rings. The van der Waals surface area contributed by atoms with Crippen molar-refractivity contribution >= 4 is 5.69 Å². The molecule has 1 aliphatic rings. The molecule has 0 saturated heterocycles. The monoisotopic (exact) mass is 247 g/mol. The second kappa shape index (κ2) is 5.41. The Morgan fingerprint density at radius 2 is 2.28 bits per heavy atom. The predicted octanol–water partition coefficient (Wildman–Crippen LogP) is 2.73. The molecule has 1 aromatic rings. The Balaban J connectivity index is 2.33. The molecule has 18 heavy (non-hydrogen) atoms. The van der Waals surface area contributed by atoms with Gasteiger partial charge in [-0.2, -0.15) is 0 Å². The molecule has 1 aliphatic carbocycles. The lowest BCUT2D eigenvalue weighted by atomic mass is 10.1. The first-order chi connectivity index (χ1) is 8.63. The van der Waals surface area contributed by atoms with Crippen LogP contribution in [0.3, 0.4) is 0 Å². The molecule has 0 aromatic heterocycles. The Morgan fingerprint density at radius 3 is 2.83 bits per heavy atom. The van der Waals surface area contributed by atoms with E-state index in [9.17, 15) is 9.50 Å². The lowest BCUT2D eigenvalue weighted by Crippen LogP contribution is -2.27. The van der Waals surface area contributed by atoms with Crippen LogP contribution in [0.5, 0.6) is 0 Å². The van der Waals surface area contributed by atoms with Gasteiger partial charge in [0, 0.05) is 17.8 Å². The van der Waals surface area contributed by atoms with Gasteiger partial charge < -0.3 is 10.0 Å². The maximum Gasteiger partial charge on any atom is 0.131 e. The van der Waals surface area contributed by atoms with E-state index in [1.807, 2.05) is 11.0 Å². The van der Waals surface area contributed by atoms with Crippen molar-refractivity contribution in [2.75, 3.05) is 18.0 Å². The van der Waals surface area contributed by atoms with Crippen LogP contribution in [0.2, 0.25) is 0 Å². The zero-order valence-electron chi connectivity index (χ0n) is 10.6. The van der Waals surface area contributed by atoms with Crippen LogP contribution in [0, 0.1) is 24.1 Å². The number of terminal acetylenes is 1. The summed E-state index contributed by atoms with van der Waals surface area (Å²) in [5.74, 6) is 2.89. The molecule has 2 rings (SSSR count). The van der Waals surface area contributed by atoms with Crippen LogP contribution >= 0.6 is 0 Å². The molecule has 1 saturated carbocycles. The van der Waals surface area contributed by atoms with E-state index in [-0.39, 0.29) is 5.82 Å². The zero-order chi connectivity index (χ0) is 13.1. The molecule has 0 radical (unpaired) electrons. The van der Waals surface area contributed by atoms with Gasteiger partial charge in [0.1, 0.15) is 5.82 Å². The Morgan fingerprint density at radius 1 is 1.56 bits per heavy atom. The summed E-state index contributed by atoms with van der Waals surface area (Å²) in [5, 5.41) is 9.73. The molecule has 1 atom stereocenters. The molecular formula is C15H18FNO. The molecule has 0 aliphatic heterocycles. The van der Waals surface area contributed by atoms with Gasteiger partial charge in [-0.25, -0.2) is 4.39 Å². The van der Waals surface area contributed by atoms with Gasteiger partial charge in [0.05, 0.1) is 12.6 Å². The summed E-state index contributed by atoms with van der Waals surface area (Å²) in [6.45, 7) is 2.86. The highest BCUT2D eigenvalue weighted by atomic mass is 19.1. The van der Waals surface area contributed by atoms with Gasteiger partial charge in [0.25, 0.3) is 0 Å². The Kier molecular flexibility index (Phi) is 3.88. The van der Waals surface area contributed by atoms with Gasteiger partial charge in [-0.15, -0.1) is 6.42 Å². The summed E-state index contributed by atoms with van der Waals surface area (Å²) in [6, 6.07) is 4.86. The molecule has 3 heteroatoms. The van der Waals surface area contributed by atoms with Crippen LogP contribution in [0.25, 0.3) is 0 Å². The third-order valence-electron chi connectivity index (χ3n) is 3.25. The summed E-state index contributed by atoms with van der Waals surface area (Å²) >= 11 is 0. The van der Waals surface area contributed by atoms with Crippen molar-refractivity contribution in [1.29, 1.82) is 0 Å². The number of aliphatic hydroxyl groups is 1. The lowest BCUT2D eigenvalue weighted by Gasteiger charge is -2.26. The topological polar surface area (TPSA) is 23.5 Å². The number of rotatable bonds is 5. The predicted molar refractivity (Wildman–Crippen MR) is 70.8 cm³/mol. The van der Waals surface area contributed by atoms with E-state index in [0.717, 1.165) is 12.2 Å². The van der Waals surface area contributed by atoms with Crippen molar-refractivity contribution < 1.29 is 9.50 Å². The average molecular weight is 247 g/mol. The molecule has 0 spiro atoms. The maximum absolute atomic E-state index is 13.8. The number of hydrogen-bond acceptors (Lipinski definition) is 2. The van der Waals surface area contributed by atoms with E-state index in [2.05, 4.69) is 5.92 Å². The molecule has 0 amide bonds. The highest BCUT2D eigenvalue weighted by Crippen LogP contribution is 2.34. The third-order valence-corrected chi connectivity index (χ3v) is 3.25. The fourth-order valence-electron chi connectivity index (χ4n) is 2.19. The summed E-state index contributed by atoms with van der Waals surface area (Å²) in [5.41, 5.74) is 1.06. The van der Waals surface area contributed by atoms with E-state index in [1.165, 1.54) is 18.9 Å². The van der Waals surface area contributed by atoms with E-state index >= 15 is 0 Å². The molecule has 2 nitrogen and oxygen atoms in total. The minimum atomic E-state index is -0.833. The zero-order valence-corrected chi connectivity index (χ0v) is 10.6. The molecule has 0 bridgehead atoms. The van der Waals surface area contributed by atoms with E-state index in [0.29, 0.717) is 18.0 Å². The highest BCUT2D eigenvalue weighted by Gasteiger charge is 2.26. The summed E-state index contributed by atoms with van der Waals surface area (Å²) < 4.78 is 13.8. The van der Waals surface area contributed by atoms with E-state index in [4.69, 9.17) is 6.42 Å². The highest BCUT2D eigenvalue weighted by molar-refractivity contribution is 5.56. The Bertz CT molecular complexity index is 460. The number of halogens is 1. The fourth-order valence-corrected chi connectivity index (χ4v) is 2.19. The number of benzene rings is 1. The first kappa shape index (κ1) is 12.9. The quantitative estimate of drug-likeness (QED) is 0.809. The largest absolute Gasteiger partial charge is 0.389 e. The standard InChI is InChI=1S/C15H18FNO/c1-3-9-17(10-12-7-8-12)14-6-4-5-13(16)15(14)11(2)18/h1,4-6,11-12,18H,7-10H2,2H3/t11-/m1/s1. The first-order valence-corrected chi connectivity index (χ1v) is 6.28. The lowest BCUT2D eigenvalue weighted by molar-refractivity contribution is 0.194. The second-order valence-electron chi connectivity index (χ2n) is 4.88. The van der Waals surface area contributed by atoms with Crippen LogP contribution in [0.15, 0.2) is 18.2 Å². The summed E-state index contributed by atoms with van der Waals surface area (Å²) in [7, 11) is 0. The van der Waals surface area contributed by atoms with Gasteiger partial charge in [0.2, 0.25) is 0 Å². The molecular weight excluding hydrogens is 229 g/mol. The molecule has 1 aromatic carbocycles. The minimum Gasteiger partial charge on any atom is -0.389 e. The molecule has 0 unspecified atom stereocenters. The fraction of sp³-hybridized carbons (Fsp3) is 0.467. The second-order valence-corrected chi connectivity index (χ2v) is 4.88. The number of hydrogen-bond donors (Lipinski definition) is 1. The maximum atomic E-state index is 13.8. The third kappa shape index (κ3) is 2.83. The van der Waals surface area contributed by atoms with Crippen LogP contribution in [-0.4, -0.2) is 18.2 Å². The smallest absolute Gasteiger partial charge is 0.131 e. The Labute approximate surface area is 107 Å². The summed E-state index contributed by atoms with van der Waals surface area (Å²) in [6.07, 6.45) is 6.96.